The molecule has 1 fully saturated rings. The molecule has 20 heavy (non-hydrogen) atoms. The van der Waals surface area contributed by atoms with Gasteiger partial charge in [0, 0.05) is 10.5 Å². The van der Waals surface area contributed by atoms with Crippen LogP contribution in [-0.4, -0.2) is 13.1 Å². The molecule has 0 radical (unpaired) electrons. The number of benzene rings is 1. The highest BCUT2D eigenvalue weighted by Crippen LogP contribution is 2.28. The highest BCUT2D eigenvalue weighted by Gasteiger charge is 2.18. The first-order valence-corrected chi connectivity index (χ1v) is 8.59. The Morgan fingerprint density at radius 1 is 1.25 bits per heavy atom. The summed E-state index contributed by atoms with van der Waals surface area (Å²) in [5.74, 6) is 0.690. The van der Waals surface area contributed by atoms with Crippen molar-refractivity contribution in [3.05, 3.63) is 34.1 Å². The third-order valence-electron chi connectivity index (χ3n) is 4.47. The summed E-state index contributed by atoms with van der Waals surface area (Å²) in [5.41, 5.74) is 1.07. The molecule has 0 spiro atoms. The zero-order valence-electron chi connectivity index (χ0n) is 12.3. The van der Waals surface area contributed by atoms with Crippen molar-refractivity contribution in [3.63, 3.8) is 0 Å². The lowest BCUT2D eigenvalue weighted by atomic mass is 9.90. The average Bonchev–Trinajstić information content (AvgIpc) is 2.70. The zero-order chi connectivity index (χ0) is 14.4. The molecule has 0 heterocycles. The molecule has 0 bridgehead atoms. The molecule has 2 rings (SSSR count). The Morgan fingerprint density at radius 2 is 1.95 bits per heavy atom. The Morgan fingerprint density at radius 3 is 2.60 bits per heavy atom. The molecule has 1 aliphatic carbocycles. The van der Waals surface area contributed by atoms with Crippen LogP contribution in [-0.2, 0) is 6.42 Å². The zero-order valence-corrected chi connectivity index (χ0v) is 13.9. The predicted octanol–water partition coefficient (Wildman–Crippen LogP) is 5.08. The minimum absolute atomic E-state index is 0.146. The van der Waals surface area contributed by atoms with Gasteiger partial charge in [-0.2, -0.15) is 0 Å². The molecule has 1 atom stereocenters. The molecule has 3 heteroatoms. The van der Waals surface area contributed by atoms with E-state index in [1.165, 1.54) is 51.0 Å². The van der Waals surface area contributed by atoms with Crippen molar-refractivity contribution in [2.75, 3.05) is 7.05 Å². The van der Waals surface area contributed by atoms with E-state index in [1.54, 1.807) is 6.07 Å². The van der Waals surface area contributed by atoms with E-state index in [9.17, 15) is 4.39 Å². The predicted molar refractivity (Wildman–Crippen MR) is 86.5 cm³/mol. The van der Waals surface area contributed by atoms with Crippen molar-refractivity contribution < 1.29 is 4.39 Å². The molecule has 1 aliphatic rings. The summed E-state index contributed by atoms with van der Waals surface area (Å²) >= 11 is 3.53. The highest BCUT2D eigenvalue weighted by atomic mass is 79.9. The number of rotatable bonds is 5. The smallest absolute Gasteiger partial charge is 0.123 e. The van der Waals surface area contributed by atoms with Gasteiger partial charge in [-0.1, -0.05) is 54.5 Å². The van der Waals surface area contributed by atoms with Crippen molar-refractivity contribution in [2.24, 2.45) is 5.92 Å². The Bertz CT molecular complexity index is 413. The summed E-state index contributed by atoms with van der Waals surface area (Å²) in [5, 5.41) is 3.42. The first kappa shape index (κ1) is 16.0. The molecule has 0 amide bonds. The first-order chi connectivity index (χ1) is 9.69. The Labute approximate surface area is 130 Å². The number of nitrogens with one attached hydrogen (secondary N) is 1. The van der Waals surface area contributed by atoms with Crippen LogP contribution in [0.15, 0.2) is 22.7 Å². The molecule has 1 aromatic rings. The molecule has 1 saturated carbocycles. The summed E-state index contributed by atoms with van der Waals surface area (Å²) in [4.78, 5) is 0. The third-order valence-corrected chi connectivity index (χ3v) is 5.25. The van der Waals surface area contributed by atoms with Gasteiger partial charge in [0.2, 0.25) is 0 Å². The second kappa shape index (κ2) is 8.14. The standard InChI is InChI=1S/C17H25BrFN/c1-20-16(10-13-6-4-2-3-5-7-13)12-14-11-15(19)8-9-17(14)18/h8-9,11,13,16,20H,2-7,10,12H2,1H3. The van der Waals surface area contributed by atoms with Crippen LogP contribution >= 0.6 is 15.9 Å². The number of hydrogen-bond acceptors (Lipinski definition) is 1. The van der Waals surface area contributed by atoms with Gasteiger partial charge in [0.05, 0.1) is 0 Å². The monoisotopic (exact) mass is 341 g/mol. The van der Waals surface area contributed by atoms with Crippen molar-refractivity contribution in [1.29, 1.82) is 0 Å². The van der Waals surface area contributed by atoms with E-state index in [0.717, 1.165) is 22.4 Å². The molecule has 0 aliphatic heterocycles. The van der Waals surface area contributed by atoms with Crippen LogP contribution in [0, 0.1) is 11.7 Å². The topological polar surface area (TPSA) is 12.0 Å². The highest BCUT2D eigenvalue weighted by molar-refractivity contribution is 9.10. The van der Waals surface area contributed by atoms with E-state index in [4.69, 9.17) is 0 Å². The van der Waals surface area contributed by atoms with Gasteiger partial charge in [-0.05, 0) is 49.6 Å². The quantitative estimate of drug-likeness (QED) is 0.736. The second-order valence-corrected chi connectivity index (χ2v) is 6.87. The molecular formula is C17H25BrFN. The van der Waals surface area contributed by atoms with E-state index in [1.807, 2.05) is 13.1 Å². The molecule has 1 N–H and O–H groups in total. The summed E-state index contributed by atoms with van der Waals surface area (Å²) in [7, 11) is 2.02. The minimum Gasteiger partial charge on any atom is -0.317 e. The lowest BCUT2D eigenvalue weighted by molar-refractivity contribution is 0.361. The maximum absolute atomic E-state index is 13.4. The van der Waals surface area contributed by atoms with Crippen LogP contribution in [0.25, 0.3) is 0 Å². The average molecular weight is 342 g/mol. The Hall–Kier alpha value is -0.410. The van der Waals surface area contributed by atoms with Gasteiger partial charge in [0.25, 0.3) is 0 Å². The molecule has 1 unspecified atom stereocenters. The first-order valence-electron chi connectivity index (χ1n) is 7.80. The lowest BCUT2D eigenvalue weighted by Crippen LogP contribution is -2.30. The van der Waals surface area contributed by atoms with Gasteiger partial charge in [0.15, 0.2) is 0 Å². The summed E-state index contributed by atoms with van der Waals surface area (Å²) in [6, 6.07) is 5.41. The molecule has 112 valence electrons. The van der Waals surface area contributed by atoms with E-state index < -0.39 is 0 Å². The van der Waals surface area contributed by atoms with Crippen molar-refractivity contribution in [1.82, 2.24) is 5.32 Å². The van der Waals surface area contributed by atoms with Crippen molar-refractivity contribution >= 4 is 15.9 Å². The molecule has 1 nitrogen and oxygen atoms in total. The van der Waals surface area contributed by atoms with Crippen LogP contribution in [0.3, 0.4) is 0 Å². The van der Waals surface area contributed by atoms with Gasteiger partial charge in [-0.25, -0.2) is 4.39 Å². The van der Waals surface area contributed by atoms with Gasteiger partial charge < -0.3 is 5.32 Å². The van der Waals surface area contributed by atoms with Crippen LogP contribution in [0.2, 0.25) is 0 Å². The third kappa shape index (κ3) is 4.85. The second-order valence-electron chi connectivity index (χ2n) is 6.02. The number of likely N-dealkylation sites (N-methyl/N-ethyl adjacent to an activating group) is 1. The van der Waals surface area contributed by atoms with E-state index in [0.29, 0.717) is 6.04 Å². The summed E-state index contributed by atoms with van der Waals surface area (Å²) < 4.78 is 14.4. The fourth-order valence-corrected chi connectivity index (χ4v) is 3.68. The maximum atomic E-state index is 13.4. The van der Waals surface area contributed by atoms with E-state index in [-0.39, 0.29) is 5.82 Å². The van der Waals surface area contributed by atoms with E-state index >= 15 is 0 Å². The van der Waals surface area contributed by atoms with Crippen LogP contribution < -0.4 is 5.32 Å². The van der Waals surface area contributed by atoms with Gasteiger partial charge in [-0.3, -0.25) is 0 Å². The van der Waals surface area contributed by atoms with Gasteiger partial charge >= 0.3 is 0 Å². The van der Waals surface area contributed by atoms with Crippen LogP contribution in [0.4, 0.5) is 4.39 Å². The van der Waals surface area contributed by atoms with Crippen LogP contribution in [0.5, 0.6) is 0 Å². The van der Waals surface area contributed by atoms with Gasteiger partial charge in [0.1, 0.15) is 5.82 Å². The number of halogens is 2. The largest absolute Gasteiger partial charge is 0.317 e. The lowest BCUT2D eigenvalue weighted by Gasteiger charge is -2.23. The maximum Gasteiger partial charge on any atom is 0.123 e. The SMILES string of the molecule is CNC(Cc1cc(F)ccc1Br)CC1CCCCCC1. The molecule has 0 saturated heterocycles. The van der Waals surface area contributed by atoms with Gasteiger partial charge in [-0.15, -0.1) is 0 Å². The Balaban J connectivity index is 1.95. The van der Waals surface area contributed by atoms with Crippen LogP contribution in [0.1, 0.15) is 50.5 Å². The minimum atomic E-state index is -0.146. The molecule has 1 aromatic carbocycles. The van der Waals surface area contributed by atoms with Crippen molar-refractivity contribution in [3.8, 4) is 0 Å². The molecular weight excluding hydrogens is 317 g/mol. The number of hydrogen-bond donors (Lipinski definition) is 1. The Kier molecular flexibility index (Phi) is 6.50. The van der Waals surface area contributed by atoms with Crippen molar-refractivity contribution in [2.45, 2.75) is 57.4 Å². The molecule has 0 aromatic heterocycles. The van der Waals surface area contributed by atoms with E-state index in [2.05, 4.69) is 21.2 Å². The fraction of sp³-hybridized carbons (Fsp3) is 0.647. The normalized spacial score (nSPS) is 18.8. The summed E-state index contributed by atoms with van der Waals surface area (Å²) in [6.07, 6.45) is 10.4. The fourth-order valence-electron chi connectivity index (χ4n) is 3.27. The summed E-state index contributed by atoms with van der Waals surface area (Å²) in [6.45, 7) is 0.